The molecule has 4 nitrogen and oxygen atoms in total. The van der Waals surface area contributed by atoms with Crippen molar-refractivity contribution in [3.05, 3.63) is 55.8 Å². The summed E-state index contributed by atoms with van der Waals surface area (Å²) < 4.78 is 1.51. The first-order valence-electron chi connectivity index (χ1n) is 6.18. The first-order chi connectivity index (χ1) is 9.61. The minimum Gasteiger partial charge on any atom is -0.332 e. The van der Waals surface area contributed by atoms with E-state index in [4.69, 9.17) is 0 Å². The van der Waals surface area contributed by atoms with Crippen LogP contribution < -0.4 is 4.87 Å². The number of carbonyl (C=O) groups is 1. The summed E-state index contributed by atoms with van der Waals surface area (Å²) in [5.41, 5.74) is 0.822. The van der Waals surface area contributed by atoms with Gasteiger partial charge in [0, 0.05) is 22.5 Å². The molecule has 0 saturated heterocycles. The number of aryl methyl sites for hydroxylation is 1. The van der Waals surface area contributed by atoms with Gasteiger partial charge in [0.25, 0.3) is 0 Å². The predicted molar refractivity (Wildman–Crippen MR) is 83.2 cm³/mol. The van der Waals surface area contributed by atoms with Crippen molar-refractivity contribution in [2.75, 3.05) is 6.54 Å². The lowest BCUT2D eigenvalue weighted by Crippen LogP contribution is -2.35. The second-order valence-corrected chi connectivity index (χ2v) is 6.22. The molecule has 2 aromatic rings. The lowest BCUT2D eigenvalue weighted by molar-refractivity contribution is -0.131. The predicted octanol–water partition coefficient (Wildman–Crippen LogP) is 2.49. The highest BCUT2D eigenvalue weighted by molar-refractivity contribution is 7.09. The quantitative estimate of drug-likeness (QED) is 0.770. The molecule has 0 bridgehead atoms. The summed E-state index contributed by atoms with van der Waals surface area (Å²) >= 11 is 2.74. The number of carbonyl (C=O) groups excluding carboxylic acids is 1. The molecule has 6 heteroatoms. The molecule has 0 aromatic carbocycles. The summed E-state index contributed by atoms with van der Waals surface area (Å²) in [6.07, 6.45) is 1.70. The Labute approximate surface area is 125 Å². The molecule has 0 atom stereocenters. The van der Waals surface area contributed by atoms with E-state index in [-0.39, 0.29) is 17.3 Å². The van der Waals surface area contributed by atoms with Gasteiger partial charge in [0.2, 0.25) is 5.91 Å². The molecule has 1 amide bonds. The zero-order chi connectivity index (χ0) is 14.5. The average molecular weight is 308 g/mol. The van der Waals surface area contributed by atoms with E-state index in [1.54, 1.807) is 27.7 Å². The van der Waals surface area contributed by atoms with E-state index < -0.39 is 0 Å². The maximum Gasteiger partial charge on any atom is 0.307 e. The molecule has 106 valence electrons. The van der Waals surface area contributed by atoms with Gasteiger partial charge in [0.05, 0.1) is 6.54 Å². The zero-order valence-corrected chi connectivity index (χ0v) is 12.9. The van der Waals surface area contributed by atoms with Crippen LogP contribution in [0.2, 0.25) is 0 Å². The first-order valence-corrected chi connectivity index (χ1v) is 7.93. The summed E-state index contributed by atoms with van der Waals surface area (Å²) in [5.74, 6) is -0.0677. The van der Waals surface area contributed by atoms with Crippen LogP contribution >= 0.6 is 22.7 Å². The van der Waals surface area contributed by atoms with Gasteiger partial charge in [-0.15, -0.1) is 17.9 Å². The fourth-order valence-corrected chi connectivity index (χ4v) is 3.29. The van der Waals surface area contributed by atoms with Gasteiger partial charge < -0.3 is 4.90 Å². The van der Waals surface area contributed by atoms with Crippen LogP contribution in [0.4, 0.5) is 0 Å². The molecule has 0 aliphatic carbocycles. The number of aromatic nitrogens is 1. The Morgan fingerprint density at radius 1 is 1.50 bits per heavy atom. The highest BCUT2D eigenvalue weighted by atomic mass is 32.1. The largest absolute Gasteiger partial charge is 0.332 e. The van der Waals surface area contributed by atoms with Crippen molar-refractivity contribution in [3.63, 3.8) is 0 Å². The average Bonchev–Trinajstić information content (AvgIpc) is 3.03. The molecule has 20 heavy (non-hydrogen) atoms. The minimum atomic E-state index is -0.0921. The van der Waals surface area contributed by atoms with Gasteiger partial charge >= 0.3 is 4.87 Å². The normalized spacial score (nSPS) is 10.4. The van der Waals surface area contributed by atoms with Crippen molar-refractivity contribution >= 4 is 28.6 Å². The monoisotopic (exact) mass is 308 g/mol. The Hall–Kier alpha value is -1.66. The van der Waals surface area contributed by atoms with Crippen LogP contribution in [0.25, 0.3) is 0 Å². The van der Waals surface area contributed by atoms with Crippen LogP contribution in [0.15, 0.2) is 40.3 Å². The standard InChI is InChI=1S/C14H16N2O2S2/c1-3-6-15(8-12-5-4-7-19-12)13(17)9-16-11(2)10-20-14(16)18/h3-5,7,10H,1,6,8-9H2,2H3. The van der Waals surface area contributed by atoms with Crippen molar-refractivity contribution < 1.29 is 4.79 Å². The van der Waals surface area contributed by atoms with E-state index in [1.165, 1.54) is 4.57 Å². The molecule has 0 saturated carbocycles. The second kappa shape index (κ2) is 6.67. The third-order valence-corrected chi connectivity index (χ3v) is 4.64. The summed E-state index contributed by atoms with van der Waals surface area (Å²) in [4.78, 5) is 26.8. The first kappa shape index (κ1) is 14.7. The lowest BCUT2D eigenvalue weighted by atomic mass is 10.3. The van der Waals surface area contributed by atoms with E-state index in [1.807, 2.05) is 24.4 Å². The smallest absolute Gasteiger partial charge is 0.307 e. The van der Waals surface area contributed by atoms with E-state index >= 15 is 0 Å². The SMILES string of the molecule is C=CCN(Cc1cccs1)C(=O)Cn1c(C)csc1=O. The number of amides is 1. The van der Waals surface area contributed by atoms with Crippen LogP contribution in [0.3, 0.4) is 0 Å². The molecule has 0 spiro atoms. The number of rotatable bonds is 6. The molecular weight excluding hydrogens is 292 g/mol. The molecule has 0 radical (unpaired) electrons. The van der Waals surface area contributed by atoms with Gasteiger partial charge in [-0.25, -0.2) is 0 Å². The van der Waals surface area contributed by atoms with Gasteiger partial charge in [-0.1, -0.05) is 23.5 Å². The number of hydrogen-bond donors (Lipinski definition) is 0. The Morgan fingerprint density at radius 2 is 2.30 bits per heavy atom. The number of thiazole rings is 1. The van der Waals surface area contributed by atoms with E-state index in [0.717, 1.165) is 21.9 Å². The van der Waals surface area contributed by atoms with Gasteiger partial charge in [0.1, 0.15) is 6.54 Å². The third-order valence-electron chi connectivity index (χ3n) is 2.90. The maximum atomic E-state index is 12.4. The summed E-state index contributed by atoms with van der Waals surface area (Å²) in [6, 6.07) is 3.96. The van der Waals surface area contributed by atoms with Crippen molar-refractivity contribution in [3.8, 4) is 0 Å². The fourth-order valence-electron chi connectivity index (χ4n) is 1.83. The molecule has 0 aliphatic heterocycles. The molecule has 0 aliphatic rings. The minimum absolute atomic E-state index is 0.0677. The second-order valence-electron chi connectivity index (χ2n) is 4.37. The van der Waals surface area contributed by atoms with Crippen molar-refractivity contribution in [1.82, 2.24) is 9.47 Å². The van der Waals surface area contributed by atoms with Gasteiger partial charge in [-0.05, 0) is 18.4 Å². The fraction of sp³-hybridized carbons (Fsp3) is 0.286. The molecule has 2 rings (SSSR count). The Kier molecular flexibility index (Phi) is 4.92. The molecule has 0 unspecified atom stereocenters. The summed E-state index contributed by atoms with van der Waals surface area (Å²) in [6.45, 7) is 6.65. The molecule has 2 aromatic heterocycles. The Balaban J connectivity index is 2.11. The zero-order valence-electron chi connectivity index (χ0n) is 11.2. The molecular formula is C14H16N2O2S2. The van der Waals surface area contributed by atoms with Crippen molar-refractivity contribution in [1.29, 1.82) is 0 Å². The number of nitrogens with zero attached hydrogens (tertiary/aromatic N) is 2. The molecule has 0 fully saturated rings. The van der Waals surface area contributed by atoms with Crippen LogP contribution in [0.1, 0.15) is 10.6 Å². The third kappa shape index (κ3) is 3.46. The van der Waals surface area contributed by atoms with E-state index in [2.05, 4.69) is 6.58 Å². The van der Waals surface area contributed by atoms with Crippen molar-refractivity contribution in [2.45, 2.75) is 20.0 Å². The van der Waals surface area contributed by atoms with Gasteiger partial charge in [0.15, 0.2) is 0 Å². The topological polar surface area (TPSA) is 42.3 Å². The van der Waals surface area contributed by atoms with Crippen LogP contribution in [-0.2, 0) is 17.9 Å². The number of thiophene rings is 1. The van der Waals surface area contributed by atoms with Gasteiger partial charge in [-0.2, -0.15) is 0 Å². The van der Waals surface area contributed by atoms with Crippen LogP contribution in [0.5, 0.6) is 0 Å². The highest BCUT2D eigenvalue weighted by Crippen LogP contribution is 2.12. The highest BCUT2D eigenvalue weighted by Gasteiger charge is 2.15. The van der Waals surface area contributed by atoms with Crippen LogP contribution in [0, 0.1) is 6.92 Å². The lowest BCUT2D eigenvalue weighted by Gasteiger charge is -2.20. The summed E-state index contributed by atoms with van der Waals surface area (Å²) in [5, 5.41) is 3.76. The van der Waals surface area contributed by atoms with E-state index in [0.29, 0.717) is 13.1 Å². The Morgan fingerprint density at radius 3 is 2.85 bits per heavy atom. The summed E-state index contributed by atoms with van der Waals surface area (Å²) in [7, 11) is 0. The van der Waals surface area contributed by atoms with Crippen molar-refractivity contribution in [2.24, 2.45) is 0 Å². The molecule has 0 N–H and O–H groups in total. The van der Waals surface area contributed by atoms with Gasteiger partial charge in [-0.3, -0.25) is 14.2 Å². The maximum absolute atomic E-state index is 12.4. The Bertz CT molecular complexity index is 640. The molecule has 2 heterocycles. The van der Waals surface area contributed by atoms with E-state index in [9.17, 15) is 9.59 Å². The van der Waals surface area contributed by atoms with Crippen LogP contribution in [-0.4, -0.2) is 21.9 Å². The number of hydrogen-bond acceptors (Lipinski definition) is 4.